The number of anilines is 2. The fourth-order valence-electron chi connectivity index (χ4n) is 3.23. The van der Waals surface area contributed by atoms with Crippen molar-refractivity contribution in [2.45, 2.75) is 6.42 Å². The molecule has 0 saturated carbocycles. The highest BCUT2D eigenvalue weighted by molar-refractivity contribution is 6.10. The number of hydrogen-bond donors (Lipinski definition) is 2. The molecule has 1 aromatic heterocycles. The average Bonchev–Trinajstić information content (AvgIpc) is 2.88. The predicted molar refractivity (Wildman–Crippen MR) is 107 cm³/mol. The Labute approximate surface area is 166 Å². The van der Waals surface area contributed by atoms with E-state index in [9.17, 15) is 9.59 Å². The third-order valence-corrected chi connectivity index (χ3v) is 4.68. The van der Waals surface area contributed by atoms with Crippen molar-refractivity contribution in [1.82, 2.24) is 9.97 Å². The maximum absolute atomic E-state index is 13.0. The van der Waals surface area contributed by atoms with Crippen LogP contribution in [0.2, 0.25) is 0 Å². The molecule has 3 aromatic rings. The van der Waals surface area contributed by atoms with E-state index in [0.717, 1.165) is 16.7 Å². The zero-order chi connectivity index (χ0) is 20.4. The van der Waals surface area contributed by atoms with Crippen LogP contribution in [-0.2, 0) is 11.2 Å². The van der Waals surface area contributed by atoms with Gasteiger partial charge in [-0.3, -0.25) is 9.59 Å². The Hall–Kier alpha value is -3.94. The number of nitrogen functional groups attached to an aromatic ring is 1. The van der Waals surface area contributed by atoms with Crippen LogP contribution in [0.4, 0.5) is 11.5 Å². The summed E-state index contributed by atoms with van der Waals surface area (Å²) in [5, 5.41) is 8.87. The molecule has 0 aliphatic carbocycles. The minimum absolute atomic E-state index is 0.00726. The van der Waals surface area contributed by atoms with Crippen molar-refractivity contribution in [3.63, 3.8) is 0 Å². The number of benzene rings is 2. The molecule has 4 rings (SSSR count). The summed E-state index contributed by atoms with van der Waals surface area (Å²) in [7, 11) is 0. The first-order valence-corrected chi connectivity index (χ1v) is 8.99. The van der Waals surface area contributed by atoms with Gasteiger partial charge in [-0.05, 0) is 28.8 Å². The minimum Gasteiger partial charge on any atom is -0.481 e. The van der Waals surface area contributed by atoms with Gasteiger partial charge >= 0.3 is 5.97 Å². The Balaban J connectivity index is 1.58. The minimum atomic E-state index is -0.860. The Morgan fingerprint density at radius 1 is 1.07 bits per heavy atom. The molecule has 1 aliphatic rings. The lowest BCUT2D eigenvalue weighted by Gasteiger charge is -2.20. The number of nitrogens with zero attached hydrogens (tertiary/aromatic N) is 3. The summed E-state index contributed by atoms with van der Waals surface area (Å²) < 4.78 is 5.55. The van der Waals surface area contributed by atoms with E-state index < -0.39 is 5.97 Å². The van der Waals surface area contributed by atoms with Crippen LogP contribution in [0, 0.1) is 0 Å². The monoisotopic (exact) mass is 390 g/mol. The number of ether oxygens (including phenoxy) is 1. The highest BCUT2D eigenvalue weighted by Crippen LogP contribution is 2.29. The lowest BCUT2D eigenvalue weighted by molar-refractivity contribution is -0.136. The molecule has 0 fully saturated rings. The number of carboxylic acid groups (broad SMARTS) is 1. The average molecular weight is 390 g/mol. The number of carbonyl (C=O) groups is 2. The number of aliphatic carboxylic acids is 1. The summed E-state index contributed by atoms with van der Waals surface area (Å²) in [6, 6.07) is 14.9. The first-order chi connectivity index (χ1) is 14.0. The number of hydrogen-bond acceptors (Lipinski definition) is 6. The number of rotatable bonds is 4. The Bertz CT molecular complexity index is 1070. The maximum atomic E-state index is 13.0. The summed E-state index contributed by atoms with van der Waals surface area (Å²) in [6.07, 6.45) is 1.26. The number of amides is 1. The second-order valence-corrected chi connectivity index (χ2v) is 6.56. The summed E-state index contributed by atoms with van der Waals surface area (Å²) in [6.45, 7) is 0.653. The van der Waals surface area contributed by atoms with Crippen molar-refractivity contribution in [2.24, 2.45) is 0 Å². The molecule has 8 nitrogen and oxygen atoms in total. The van der Waals surface area contributed by atoms with Crippen LogP contribution in [0.3, 0.4) is 0 Å². The summed E-state index contributed by atoms with van der Waals surface area (Å²) >= 11 is 0. The first-order valence-electron chi connectivity index (χ1n) is 8.99. The molecule has 8 heteroatoms. The van der Waals surface area contributed by atoms with E-state index >= 15 is 0 Å². The van der Waals surface area contributed by atoms with Gasteiger partial charge in [0.2, 0.25) is 5.88 Å². The molecule has 1 amide bonds. The van der Waals surface area contributed by atoms with Gasteiger partial charge in [-0.2, -0.15) is 0 Å². The summed E-state index contributed by atoms with van der Waals surface area (Å²) in [4.78, 5) is 33.3. The van der Waals surface area contributed by atoms with E-state index in [1.807, 2.05) is 36.4 Å². The van der Waals surface area contributed by atoms with E-state index in [2.05, 4.69) is 9.97 Å². The molecule has 0 atom stereocenters. The lowest BCUT2D eigenvalue weighted by atomic mass is 10.0. The van der Waals surface area contributed by atoms with Gasteiger partial charge < -0.3 is 20.5 Å². The van der Waals surface area contributed by atoms with Gasteiger partial charge in [0.1, 0.15) is 24.3 Å². The second-order valence-electron chi connectivity index (χ2n) is 6.56. The fourth-order valence-corrected chi connectivity index (χ4v) is 3.23. The third kappa shape index (κ3) is 3.73. The van der Waals surface area contributed by atoms with Gasteiger partial charge in [0.25, 0.3) is 5.91 Å². The molecule has 1 aliphatic heterocycles. The standard InChI is InChI=1S/C21H18N4O4/c22-19-18-20(24-12-23-19)29-10-9-25(21(18)28)16-7-5-15(6-8-16)14-3-1-13(2-4-14)11-17(26)27/h1-8,12H,9-11H2,(H,26,27)(H2,22,23,24). The van der Waals surface area contributed by atoms with Gasteiger partial charge in [-0.1, -0.05) is 36.4 Å². The second kappa shape index (κ2) is 7.59. The molecule has 2 heterocycles. The zero-order valence-electron chi connectivity index (χ0n) is 15.4. The van der Waals surface area contributed by atoms with Crippen LogP contribution in [0.1, 0.15) is 15.9 Å². The number of aromatic nitrogens is 2. The summed E-state index contributed by atoms with van der Waals surface area (Å²) in [5.41, 5.74) is 9.40. The number of fused-ring (bicyclic) bond motifs is 1. The molecule has 0 radical (unpaired) electrons. The van der Waals surface area contributed by atoms with Crippen LogP contribution >= 0.6 is 0 Å². The SMILES string of the molecule is Nc1ncnc2c1C(=O)N(c1ccc(-c3ccc(CC(=O)O)cc3)cc1)CCO2. The van der Waals surface area contributed by atoms with Crippen molar-refractivity contribution >= 4 is 23.4 Å². The van der Waals surface area contributed by atoms with Gasteiger partial charge in [0.15, 0.2) is 0 Å². The zero-order valence-corrected chi connectivity index (χ0v) is 15.4. The molecule has 2 aromatic carbocycles. The van der Waals surface area contributed by atoms with Gasteiger partial charge in [-0.25, -0.2) is 9.97 Å². The van der Waals surface area contributed by atoms with Crippen molar-refractivity contribution < 1.29 is 19.4 Å². The normalized spacial score (nSPS) is 13.4. The predicted octanol–water partition coefficient (Wildman–Crippen LogP) is 2.39. The number of nitrogens with two attached hydrogens (primary N) is 1. The molecular weight excluding hydrogens is 372 g/mol. The molecule has 29 heavy (non-hydrogen) atoms. The highest BCUT2D eigenvalue weighted by Gasteiger charge is 2.28. The van der Waals surface area contributed by atoms with E-state index in [4.69, 9.17) is 15.6 Å². The van der Waals surface area contributed by atoms with Crippen LogP contribution in [0.25, 0.3) is 11.1 Å². The molecule has 0 bridgehead atoms. The van der Waals surface area contributed by atoms with Crippen LogP contribution in [0.15, 0.2) is 54.9 Å². The Morgan fingerprint density at radius 3 is 2.38 bits per heavy atom. The van der Waals surface area contributed by atoms with Crippen molar-refractivity contribution in [1.29, 1.82) is 0 Å². The topological polar surface area (TPSA) is 119 Å². The lowest BCUT2D eigenvalue weighted by Crippen LogP contribution is -2.32. The quantitative estimate of drug-likeness (QED) is 0.702. The molecular formula is C21H18N4O4. The molecule has 146 valence electrons. The van der Waals surface area contributed by atoms with Crippen molar-refractivity contribution in [3.8, 4) is 17.0 Å². The van der Waals surface area contributed by atoms with E-state index in [0.29, 0.717) is 18.8 Å². The van der Waals surface area contributed by atoms with Gasteiger partial charge in [0, 0.05) is 5.69 Å². The largest absolute Gasteiger partial charge is 0.481 e. The van der Waals surface area contributed by atoms with Crippen LogP contribution in [0.5, 0.6) is 5.88 Å². The molecule has 3 N–H and O–H groups in total. The van der Waals surface area contributed by atoms with Crippen molar-refractivity contribution in [2.75, 3.05) is 23.8 Å². The Morgan fingerprint density at radius 2 is 1.72 bits per heavy atom. The van der Waals surface area contributed by atoms with Crippen molar-refractivity contribution in [3.05, 3.63) is 66.0 Å². The molecule has 0 saturated heterocycles. The van der Waals surface area contributed by atoms with Crippen LogP contribution < -0.4 is 15.4 Å². The first kappa shape index (κ1) is 18.4. The number of carbonyl (C=O) groups excluding carboxylic acids is 1. The third-order valence-electron chi connectivity index (χ3n) is 4.68. The van der Waals surface area contributed by atoms with Gasteiger partial charge in [-0.15, -0.1) is 0 Å². The Kier molecular flexibility index (Phi) is 4.82. The van der Waals surface area contributed by atoms with E-state index in [-0.39, 0.29) is 29.6 Å². The maximum Gasteiger partial charge on any atom is 0.307 e. The van der Waals surface area contributed by atoms with E-state index in [1.54, 1.807) is 17.0 Å². The fraction of sp³-hybridized carbons (Fsp3) is 0.143. The molecule has 0 spiro atoms. The smallest absolute Gasteiger partial charge is 0.307 e. The molecule has 0 unspecified atom stereocenters. The van der Waals surface area contributed by atoms with Gasteiger partial charge in [0.05, 0.1) is 13.0 Å². The summed E-state index contributed by atoms with van der Waals surface area (Å²) in [5.74, 6) is -0.879. The number of carboxylic acids is 1. The van der Waals surface area contributed by atoms with Crippen LogP contribution in [-0.4, -0.2) is 40.1 Å². The highest BCUT2D eigenvalue weighted by atomic mass is 16.5. The van der Waals surface area contributed by atoms with E-state index in [1.165, 1.54) is 6.33 Å².